The summed E-state index contributed by atoms with van der Waals surface area (Å²) in [5.74, 6) is 0.250. The van der Waals surface area contributed by atoms with Gasteiger partial charge in [-0.3, -0.25) is 10.9 Å². The Morgan fingerprint density at radius 1 is 1.09 bits per heavy atom. The normalized spacial score (nSPS) is 20.8. The van der Waals surface area contributed by atoms with Crippen LogP contribution in [0.1, 0.15) is 32.6 Å². The van der Waals surface area contributed by atoms with Crippen molar-refractivity contribution in [2.75, 3.05) is 5.32 Å². The molecule has 0 heterocycles. The van der Waals surface area contributed by atoms with Crippen molar-refractivity contribution >= 4 is 40.3 Å². The first kappa shape index (κ1) is 16.9. The molecule has 0 radical (unpaired) electrons. The average Bonchev–Trinajstić information content (AvgIpc) is 2.50. The Balaban J connectivity index is 1.74. The zero-order valence-electron chi connectivity index (χ0n) is 12.5. The molecule has 7 heteroatoms. The van der Waals surface area contributed by atoms with Gasteiger partial charge in [0.2, 0.25) is 0 Å². The molecule has 0 unspecified atom stereocenters. The highest BCUT2D eigenvalue weighted by molar-refractivity contribution is 7.80. The number of hydrogen-bond donors (Lipinski definition) is 4. The Labute approximate surface area is 141 Å². The number of benzene rings is 1. The summed E-state index contributed by atoms with van der Waals surface area (Å²) in [6.07, 6.45) is 4.86. The van der Waals surface area contributed by atoms with Crippen molar-refractivity contribution in [1.29, 1.82) is 0 Å². The number of hydrogen-bond acceptors (Lipinski definition) is 2. The summed E-state index contributed by atoms with van der Waals surface area (Å²) in [7, 11) is 0. The van der Waals surface area contributed by atoms with Crippen LogP contribution in [0.2, 0.25) is 0 Å². The molecule has 1 aliphatic carbocycles. The van der Waals surface area contributed by atoms with Gasteiger partial charge in [-0.2, -0.15) is 0 Å². The van der Waals surface area contributed by atoms with Crippen molar-refractivity contribution in [2.45, 2.75) is 38.6 Å². The standard InChI is InChI=1S/C15H21FN4S2/c1-10-6-2-4-8-12(10)17-14(21)19-20-15(22)18-13-9-5-3-7-11(13)16/h3,5,7,9-10,12H,2,4,6,8H2,1H3,(H2,17,19,21)(H2,18,20,22)/t10-,12-/m1/s1. The van der Waals surface area contributed by atoms with Crippen LogP contribution in [-0.4, -0.2) is 16.3 Å². The smallest absolute Gasteiger partial charge is 0.189 e. The molecule has 1 aliphatic rings. The van der Waals surface area contributed by atoms with Crippen LogP contribution in [0.3, 0.4) is 0 Å². The fourth-order valence-corrected chi connectivity index (χ4v) is 2.93. The largest absolute Gasteiger partial charge is 0.358 e. The molecule has 1 aromatic carbocycles. The van der Waals surface area contributed by atoms with Gasteiger partial charge in [-0.25, -0.2) is 4.39 Å². The molecule has 120 valence electrons. The Bertz CT molecular complexity index is 538. The van der Waals surface area contributed by atoms with Crippen LogP contribution in [0.25, 0.3) is 0 Å². The number of rotatable bonds is 2. The monoisotopic (exact) mass is 340 g/mol. The van der Waals surface area contributed by atoms with Crippen molar-refractivity contribution < 1.29 is 4.39 Å². The van der Waals surface area contributed by atoms with Gasteiger partial charge in [0.05, 0.1) is 5.69 Å². The summed E-state index contributed by atoms with van der Waals surface area (Å²) in [5.41, 5.74) is 5.92. The predicted molar refractivity (Wildman–Crippen MR) is 96.0 cm³/mol. The molecular weight excluding hydrogens is 319 g/mol. The molecule has 2 rings (SSSR count). The first-order chi connectivity index (χ1) is 10.6. The lowest BCUT2D eigenvalue weighted by atomic mass is 9.86. The zero-order valence-corrected chi connectivity index (χ0v) is 14.1. The van der Waals surface area contributed by atoms with E-state index in [9.17, 15) is 4.39 Å². The molecule has 1 fully saturated rings. The van der Waals surface area contributed by atoms with Crippen LogP contribution in [0, 0.1) is 11.7 Å². The highest BCUT2D eigenvalue weighted by atomic mass is 32.1. The summed E-state index contributed by atoms with van der Waals surface area (Å²) < 4.78 is 13.5. The van der Waals surface area contributed by atoms with E-state index in [4.69, 9.17) is 24.4 Å². The second kappa shape index (κ2) is 8.24. The Hall–Kier alpha value is -1.47. The average molecular weight is 340 g/mol. The van der Waals surface area contributed by atoms with Crippen molar-refractivity contribution in [3.05, 3.63) is 30.1 Å². The lowest BCUT2D eigenvalue weighted by molar-refractivity contribution is 0.308. The van der Waals surface area contributed by atoms with Gasteiger partial charge in [-0.15, -0.1) is 0 Å². The maximum absolute atomic E-state index is 13.5. The van der Waals surface area contributed by atoms with Crippen molar-refractivity contribution in [1.82, 2.24) is 16.2 Å². The van der Waals surface area contributed by atoms with Gasteiger partial charge in [0.15, 0.2) is 10.2 Å². The third-order valence-electron chi connectivity index (χ3n) is 3.84. The first-order valence-electron chi connectivity index (χ1n) is 7.44. The van der Waals surface area contributed by atoms with Crippen LogP contribution in [0.4, 0.5) is 10.1 Å². The van der Waals surface area contributed by atoms with Crippen LogP contribution < -0.4 is 21.5 Å². The van der Waals surface area contributed by atoms with E-state index in [0.29, 0.717) is 22.8 Å². The van der Waals surface area contributed by atoms with Gasteiger partial charge in [0.1, 0.15) is 5.82 Å². The van der Waals surface area contributed by atoms with E-state index in [1.54, 1.807) is 18.2 Å². The molecule has 0 aliphatic heterocycles. The molecule has 4 N–H and O–H groups in total. The number of thiocarbonyl (C=S) groups is 2. The van der Waals surface area contributed by atoms with E-state index in [1.807, 2.05) is 0 Å². The van der Waals surface area contributed by atoms with Gasteiger partial charge < -0.3 is 10.6 Å². The quantitative estimate of drug-likeness (QED) is 0.490. The molecule has 22 heavy (non-hydrogen) atoms. The van der Waals surface area contributed by atoms with Crippen molar-refractivity contribution in [3.63, 3.8) is 0 Å². The lowest BCUT2D eigenvalue weighted by Gasteiger charge is -2.30. The summed E-state index contributed by atoms with van der Waals surface area (Å²) in [6, 6.07) is 6.74. The zero-order chi connectivity index (χ0) is 15.9. The number of halogens is 1. The Kier molecular flexibility index (Phi) is 6.33. The summed E-state index contributed by atoms with van der Waals surface area (Å²) >= 11 is 10.4. The SMILES string of the molecule is C[C@@H]1CCCC[C@H]1NC(=S)NNC(=S)Nc1ccccc1F. The van der Waals surface area contributed by atoms with Crippen molar-refractivity contribution in [3.8, 4) is 0 Å². The first-order valence-corrected chi connectivity index (χ1v) is 8.26. The fourth-order valence-electron chi connectivity index (χ4n) is 2.56. The highest BCUT2D eigenvalue weighted by Gasteiger charge is 2.21. The molecule has 0 amide bonds. The number of anilines is 1. The number of nitrogens with one attached hydrogen (secondary N) is 4. The van der Waals surface area contributed by atoms with Gasteiger partial charge in [-0.1, -0.05) is 31.9 Å². The van der Waals surface area contributed by atoms with Crippen LogP contribution in [0.5, 0.6) is 0 Å². The van der Waals surface area contributed by atoms with Crippen LogP contribution in [-0.2, 0) is 0 Å². The minimum absolute atomic E-state index is 0.256. The second-order valence-corrected chi connectivity index (χ2v) is 6.34. The van der Waals surface area contributed by atoms with Crippen molar-refractivity contribution in [2.24, 2.45) is 5.92 Å². The minimum atomic E-state index is -0.358. The molecule has 2 atom stereocenters. The molecule has 1 aromatic rings. The Morgan fingerprint density at radius 2 is 1.77 bits per heavy atom. The van der Waals surface area contributed by atoms with Gasteiger partial charge in [-0.05, 0) is 55.3 Å². The fraction of sp³-hybridized carbons (Fsp3) is 0.467. The maximum atomic E-state index is 13.5. The molecule has 0 spiro atoms. The summed E-state index contributed by atoms with van der Waals surface area (Å²) in [5, 5.41) is 6.82. The van der Waals surface area contributed by atoms with E-state index >= 15 is 0 Å². The van der Waals surface area contributed by atoms with E-state index in [2.05, 4.69) is 28.4 Å². The third kappa shape index (κ3) is 5.06. The molecule has 0 bridgehead atoms. The molecule has 4 nitrogen and oxygen atoms in total. The molecule has 1 saturated carbocycles. The maximum Gasteiger partial charge on any atom is 0.189 e. The van der Waals surface area contributed by atoms with E-state index in [0.717, 1.165) is 6.42 Å². The topological polar surface area (TPSA) is 48.1 Å². The lowest BCUT2D eigenvalue weighted by Crippen LogP contribution is -2.52. The molecule has 0 saturated heterocycles. The van der Waals surface area contributed by atoms with Gasteiger partial charge in [0.25, 0.3) is 0 Å². The Morgan fingerprint density at radius 3 is 2.50 bits per heavy atom. The highest BCUT2D eigenvalue weighted by Crippen LogP contribution is 2.23. The minimum Gasteiger partial charge on any atom is -0.358 e. The third-order valence-corrected chi connectivity index (χ3v) is 4.26. The van der Waals surface area contributed by atoms with Gasteiger partial charge in [0, 0.05) is 6.04 Å². The number of hydrazine groups is 1. The molecule has 0 aromatic heterocycles. The number of para-hydroxylation sites is 1. The van der Waals surface area contributed by atoms with Crippen LogP contribution in [0.15, 0.2) is 24.3 Å². The summed E-state index contributed by atoms with van der Waals surface area (Å²) in [6.45, 7) is 2.23. The summed E-state index contributed by atoms with van der Waals surface area (Å²) in [4.78, 5) is 0. The van der Waals surface area contributed by atoms with E-state index < -0.39 is 0 Å². The van der Waals surface area contributed by atoms with E-state index in [-0.39, 0.29) is 10.9 Å². The van der Waals surface area contributed by atoms with Crippen LogP contribution >= 0.6 is 24.4 Å². The van der Waals surface area contributed by atoms with E-state index in [1.165, 1.54) is 25.3 Å². The second-order valence-electron chi connectivity index (χ2n) is 5.53. The van der Waals surface area contributed by atoms with Gasteiger partial charge >= 0.3 is 0 Å². The predicted octanol–water partition coefficient (Wildman–Crippen LogP) is 3.07. The molecular formula is C15H21FN4S2.